The minimum Gasteiger partial charge on any atom is -0.497 e. The van der Waals surface area contributed by atoms with Gasteiger partial charge in [0, 0.05) is 21.7 Å². The second-order valence-electron chi connectivity index (χ2n) is 5.95. The first-order chi connectivity index (χ1) is 12.7. The maximum absolute atomic E-state index is 12.8. The van der Waals surface area contributed by atoms with Gasteiger partial charge in [-0.15, -0.1) is 22.7 Å². The lowest BCUT2D eigenvalue weighted by molar-refractivity contribution is 0.414. The van der Waals surface area contributed by atoms with Crippen LogP contribution < -0.4 is 10.3 Å². The standard InChI is InChI=1S/C20H18N2O2S2/c1-3-14-17(15-5-4-10-25-15)18-19(23)21-16(22-20(18)26-14)11-12-6-8-13(24-2)9-7-12/h4-10H,3,11H2,1-2H3,(H,21,22,23). The van der Waals surface area contributed by atoms with E-state index in [0.29, 0.717) is 17.6 Å². The van der Waals surface area contributed by atoms with E-state index in [4.69, 9.17) is 9.72 Å². The number of aryl methyl sites for hydroxylation is 1. The van der Waals surface area contributed by atoms with Crippen molar-refractivity contribution in [3.8, 4) is 16.2 Å². The van der Waals surface area contributed by atoms with Gasteiger partial charge in [0.05, 0.1) is 12.5 Å². The van der Waals surface area contributed by atoms with Crippen LogP contribution in [-0.2, 0) is 12.8 Å². The summed E-state index contributed by atoms with van der Waals surface area (Å²) in [6.45, 7) is 2.12. The molecule has 26 heavy (non-hydrogen) atoms. The Labute approximate surface area is 159 Å². The van der Waals surface area contributed by atoms with E-state index in [1.807, 2.05) is 35.7 Å². The molecule has 3 aromatic heterocycles. The lowest BCUT2D eigenvalue weighted by Gasteiger charge is -2.04. The number of hydrogen-bond acceptors (Lipinski definition) is 5. The van der Waals surface area contributed by atoms with Crippen LogP contribution in [0.3, 0.4) is 0 Å². The quantitative estimate of drug-likeness (QED) is 0.535. The lowest BCUT2D eigenvalue weighted by atomic mass is 10.1. The molecule has 0 aliphatic rings. The van der Waals surface area contributed by atoms with Crippen molar-refractivity contribution >= 4 is 32.9 Å². The molecule has 0 atom stereocenters. The summed E-state index contributed by atoms with van der Waals surface area (Å²) in [6.07, 6.45) is 1.48. The minimum absolute atomic E-state index is 0.0575. The first-order valence-corrected chi connectivity index (χ1v) is 10.1. The SMILES string of the molecule is CCc1sc2nc(Cc3ccc(OC)cc3)[nH]c(=O)c2c1-c1cccs1. The Bertz CT molecular complexity index is 1090. The van der Waals surface area contributed by atoms with Crippen molar-refractivity contribution < 1.29 is 4.74 Å². The number of H-pyrrole nitrogens is 1. The zero-order valence-corrected chi connectivity index (χ0v) is 16.2. The third kappa shape index (κ3) is 3.06. The molecule has 3 heterocycles. The van der Waals surface area contributed by atoms with Crippen LogP contribution in [0, 0.1) is 0 Å². The van der Waals surface area contributed by atoms with E-state index in [9.17, 15) is 4.79 Å². The summed E-state index contributed by atoms with van der Waals surface area (Å²) in [5.74, 6) is 1.51. The lowest BCUT2D eigenvalue weighted by Crippen LogP contribution is -2.11. The van der Waals surface area contributed by atoms with Gasteiger partial charge in [0.15, 0.2) is 0 Å². The fourth-order valence-electron chi connectivity index (χ4n) is 3.05. The Kier molecular flexibility index (Phi) is 4.61. The summed E-state index contributed by atoms with van der Waals surface area (Å²) in [5, 5.41) is 2.76. The van der Waals surface area contributed by atoms with E-state index in [-0.39, 0.29) is 5.56 Å². The van der Waals surface area contributed by atoms with Gasteiger partial charge < -0.3 is 9.72 Å². The topological polar surface area (TPSA) is 55.0 Å². The number of thiophene rings is 2. The van der Waals surface area contributed by atoms with Gasteiger partial charge in [-0.05, 0) is 35.6 Å². The van der Waals surface area contributed by atoms with Crippen molar-refractivity contribution in [2.24, 2.45) is 0 Å². The number of aromatic nitrogens is 2. The molecule has 0 radical (unpaired) electrons. The van der Waals surface area contributed by atoms with Crippen molar-refractivity contribution in [2.75, 3.05) is 7.11 Å². The zero-order valence-electron chi connectivity index (χ0n) is 14.5. The van der Waals surface area contributed by atoms with Gasteiger partial charge in [-0.1, -0.05) is 25.1 Å². The molecule has 0 bridgehead atoms. The number of aromatic amines is 1. The van der Waals surface area contributed by atoms with E-state index < -0.39 is 0 Å². The van der Waals surface area contributed by atoms with E-state index >= 15 is 0 Å². The van der Waals surface area contributed by atoms with Gasteiger partial charge in [0.25, 0.3) is 5.56 Å². The molecular formula is C20H18N2O2S2. The predicted octanol–water partition coefficient (Wildman–Crippen LogP) is 4.87. The first kappa shape index (κ1) is 17.0. The molecule has 6 heteroatoms. The molecule has 0 saturated carbocycles. The molecule has 0 amide bonds. The van der Waals surface area contributed by atoms with Gasteiger partial charge in [-0.3, -0.25) is 4.79 Å². The molecule has 0 aliphatic carbocycles. The number of rotatable bonds is 5. The first-order valence-electron chi connectivity index (χ1n) is 8.41. The van der Waals surface area contributed by atoms with Gasteiger partial charge in [0.2, 0.25) is 0 Å². The highest BCUT2D eigenvalue weighted by atomic mass is 32.1. The minimum atomic E-state index is -0.0575. The van der Waals surface area contributed by atoms with Crippen molar-refractivity contribution in [1.29, 1.82) is 0 Å². The zero-order chi connectivity index (χ0) is 18.1. The highest BCUT2D eigenvalue weighted by Gasteiger charge is 2.18. The van der Waals surface area contributed by atoms with E-state index in [1.54, 1.807) is 29.8 Å². The van der Waals surface area contributed by atoms with Gasteiger partial charge in [-0.2, -0.15) is 0 Å². The van der Waals surface area contributed by atoms with Crippen LogP contribution in [0.1, 0.15) is 23.2 Å². The number of ether oxygens (including phenoxy) is 1. The van der Waals surface area contributed by atoms with Crippen LogP contribution in [0.15, 0.2) is 46.6 Å². The van der Waals surface area contributed by atoms with Crippen molar-refractivity contribution in [1.82, 2.24) is 9.97 Å². The van der Waals surface area contributed by atoms with E-state index in [1.165, 1.54) is 4.88 Å². The second kappa shape index (κ2) is 7.05. The molecule has 1 aromatic carbocycles. The molecule has 4 nitrogen and oxygen atoms in total. The Balaban J connectivity index is 1.78. The molecule has 4 aromatic rings. The average molecular weight is 383 g/mol. The molecule has 132 valence electrons. The summed E-state index contributed by atoms with van der Waals surface area (Å²) in [4.78, 5) is 23.7. The van der Waals surface area contributed by atoms with Crippen LogP contribution in [0.5, 0.6) is 5.75 Å². The molecule has 0 unspecified atom stereocenters. The summed E-state index contributed by atoms with van der Waals surface area (Å²) in [5.41, 5.74) is 2.07. The smallest absolute Gasteiger partial charge is 0.260 e. The Hall–Kier alpha value is -2.44. The number of nitrogens with zero attached hydrogens (tertiary/aromatic N) is 1. The van der Waals surface area contributed by atoms with Crippen LogP contribution in [0.4, 0.5) is 0 Å². The van der Waals surface area contributed by atoms with Crippen molar-refractivity contribution in [2.45, 2.75) is 19.8 Å². The summed E-state index contributed by atoms with van der Waals surface area (Å²) >= 11 is 3.28. The maximum atomic E-state index is 12.8. The van der Waals surface area contributed by atoms with Gasteiger partial charge >= 0.3 is 0 Å². The molecular weight excluding hydrogens is 364 g/mol. The maximum Gasteiger partial charge on any atom is 0.260 e. The monoisotopic (exact) mass is 382 g/mol. The second-order valence-corrected chi connectivity index (χ2v) is 7.98. The molecule has 0 aliphatic heterocycles. The van der Waals surface area contributed by atoms with Crippen LogP contribution >= 0.6 is 22.7 Å². The van der Waals surface area contributed by atoms with E-state index in [2.05, 4.69) is 18.0 Å². The Morgan fingerprint density at radius 2 is 2.00 bits per heavy atom. The van der Waals surface area contributed by atoms with Crippen LogP contribution in [0.25, 0.3) is 20.7 Å². The Morgan fingerprint density at radius 3 is 2.65 bits per heavy atom. The van der Waals surface area contributed by atoms with Gasteiger partial charge in [0.1, 0.15) is 16.4 Å². The molecule has 0 fully saturated rings. The van der Waals surface area contributed by atoms with Crippen LogP contribution in [-0.4, -0.2) is 17.1 Å². The fraction of sp³-hybridized carbons (Fsp3) is 0.200. The highest BCUT2D eigenvalue weighted by Crippen LogP contribution is 2.38. The summed E-state index contributed by atoms with van der Waals surface area (Å²) in [7, 11) is 1.65. The predicted molar refractivity (Wildman–Crippen MR) is 109 cm³/mol. The third-order valence-electron chi connectivity index (χ3n) is 4.30. The van der Waals surface area contributed by atoms with Crippen LogP contribution in [0.2, 0.25) is 0 Å². The number of nitrogens with one attached hydrogen (secondary N) is 1. The molecule has 0 spiro atoms. The third-order valence-corrected chi connectivity index (χ3v) is 6.42. The number of methoxy groups -OCH3 is 1. The van der Waals surface area contributed by atoms with Crippen molar-refractivity contribution in [3.63, 3.8) is 0 Å². The normalized spacial score (nSPS) is 11.2. The van der Waals surface area contributed by atoms with Crippen molar-refractivity contribution in [3.05, 3.63) is 68.4 Å². The summed E-state index contributed by atoms with van der Waals surface area (Å²) in [6, 6.07) is 11.9. The average Bonchev–Trinajstić information content (AvgIpc) is 3.29. The van der Waals surface area contributed by atoms with E-state index in [0.717, 1.165) is 33.0 Å². The summed E-state index contributed by atoms with van der Waals surface area (Å²) < 4.78 is 5.19. The number of fused-ring (bicyclic) bond motifs is 1. The molecule has 1 N–H and O–H groups in total. The Morgan fingerprint density at radius 1 is 1.19 bits per heavy atom. The molecule has 4 rings (SSSR count). The highest BCUT2D eigenvalue weighted by molar-refractivity contribution is 7.20. The number of benzene rings is 1. The number of hydrogen-bond donors (Lipinski definition) is 1. The van der Waals surface area contributed by atoms with Gasteiger partial charge in [-0.25, -0.2) is 4.98 Å². The molecule has 0 saturated heterocycles. The largest absolute Gasteiger partial charge is 0.497 e. The fourth-order valence-corrected chi connectivity index (χ4v) is 5.06.